The van der Waals surface area contributed by atoms with E-state index in [-0.39, 0.29) is 12.5 Å². The molecule has 0 aromatic heterocycles. The van der Waals surface area contributed by atoms with E-state index in [1.54, 1.807) is 7.05 Å². The maximum atomic E-state index is 11.5. The molecule has 29 heavy (non-hydrogen) atoms. The van der Waals surface area contributed by atoms with Crippen LogP contribution in [0.4, 0.5) is 0 Å². The quantitative estimate of drug-likeness (QED) is 0.674. The number of fused-ring (bicyclic) bond motifs is 1. The van der Waals surface area contributed by atoms with Crippen molar-refractivity contribution in [1.82, 2.24) is 15.1 Å². The lowest BCUT2D eigenvalue weighted by Gasteiger charge is -2.30. The Morgan fingerprint density at radius 1 is 1.24 bits per heavy atom. The van der Waals surface area contributed by atoms with Gasteiger partial charge in [0.25, 0.3) is 0 Å². The zero-order chi connectivity index (χ0) is 20.6. The molecule has 0 spiro atoms. The molecule has 1 aliphatic heterocycles. The lowest BCUT2D eigenvalue weighted by Crippen LogP contribution is -2.38. The molecular formula is C23H31N3O3. The van der Waals surface area contributed by atoms with Gasteiger partial charge in [-0.05, 0) is 42.3 Å². The summed E-state index contributed by atoms with van der Waals surface area (Å²) in [5, 5.41) is 13.1. The first-order valence-electron chi connectivity index (χ1n) is 10.1. The van der Waals surface area contributed by atoms with Gasteiger partial charge >= 0.3 is 0 Å². The lowest BCUT2D eigenvalue weighted by molar-refractivity contribution is -0.121. The number of rotatable bonds is 9. The fraction of sp³-hybridized carbons (Fsp3) is 0.435. The van der Waals surface area contributed by atoms with E-state index < -0.39 is 6.10 Å². The minimum Gasteiger partial charge on any atom is -0.491 e. The van der Waals surface area contributed by atoms with Gasteiger partial charge in [-0.25, -0.2) is 0 Å². The van der Waals surface area contributed by atoms with Crippen LogP contribution >= 0.6 is 0 Å². The summed E-state index contributed by atoms with van der Waals surface area (Å²) in [6.07, 6.45) is 0.481. The smallest absolute Gasteiger partial charge is 0.233 e. The highest BCUT2D eigenvalue weighted by Gasteiger charge is 2.18. The summed E-state index contributed by atoms with van der Waals surface area (Å²) in [7, 11) is 3.54. The summed E-state index contributed by atoms with van der Waals surface area (Å²) >= 11 is 0. The molecule has 1 amide bonds. The summed E-state index contributed by atoms with van der Waals surface area (Å²) in [4.78, 5) is 15.7. The molecule has 1 aliphatic rings. The van der Waals surface area contributed by atoms with Crippen molar-refractivity contribution < 1.29 is 14.6 Å². The normalized spacial score (nSPS) is 15.0. The number of amides is 1. The largest absolute Gasteiger partial charge is 0.491 e. The highest BCUT2D eigenvalue weighted by Crippen LogP contribution is 2.19. The van der Waals surface area contributed by atoms with Crippen LogP contribution in [0.5, 0.6) is 5.75 Å². The number of nitrogens with one attached hydrogen (secondary N) is 1. The average molecular weight is 398 g/mol. The second kappa shape index (κ2) is 10.4. The second-order valence-corrected chi connectivity index (χ2v) is 7.71. The Morgan fingerprint density at radius 3 is 2.83 bits per heavy atom. The molecule has 3 rings (SSSR count). The monoisotopic (exact) mass is 397 g/mol. The predicted molar refractivity (Wildman–Crippen MR) is 114 cm³/mol. The average Bonchev–Trinajstić information content (AvgIpc) is 2.72. The Morgan fingerprint density at radius 2 is 2.03 bits per heavy atom. The van der Waals surface area contributed by atoms with Crippen LogP contribution in [0.3, 0.4) is 0 Å². The number of aliphatic hydroxyl groups is 1. The zero-order valence-corrected chi connectivity index (χ0v) is 17.3. The molecule has 6 nitrogen and oxygen atoms in total. The number of likely N-dealkylation sites (N-methyl/N-ethyl adjacent to an activating group) is 2. The van der Waals surface area contributed by atoms with Crippen molar-refractivity contribution in [2.45, 2.75) is 25.6 Å². The SMILES string of the molecule is CNC(=O)CN(C)Cc1cccc(OCC(O)CN2CCc3ccccc3C2)c1. The molecule has 2 aromatic rings. The van der Waals surface area contributed by atoms with Crippen molar-refractivity contribution in [2.24, 2.45) is 0 Å². The molecule has 0 radical (unpaired) electrons. The Bertz CT molecular complexity index is 811. The molecule has 2 N–H and O–H groups in total. The van der Waals surface area contributed by atoms with Crippen LogP contribution in [0.15, 0.2) is 48.5 Å². The van der Waals surface area contributed by atoms with Crippen molar-refractivity contribution >= 4 is 5.91 Å². The van der Waals surface area contributed by atoms with Crippen LogP contribution < -0.4 is 10.1 Å². The second-order valence-electron chi connectivity index (χ2n) is 7.71. The van der Waals surface area contributed by atoms with E-state index in [9.17, 15) is 9.90 Å². The van der Waals surface area contributed by atoms with Crippen molar-refractivity contribution in [3.8, 4) is 5.75 Å². The van der Waals surface area contributed by atoms with E-state index in [1.807, 2.05) is 36.2 Å². The first kappa shape index (κ1) is 21.3. The van der Waals surface area contributed by atoms with E-state index in [0.29, 0.717) is 19.6 Å². The molecule has 0 bridgehead atoms. The van der Waals surface area contributed by atoms with E-state index in [4.69, 9.17) is 4.74 Å². The zero-order valence-electron chi connectivity index (χ0n) is 17.3. The number of hydrogen-bond acceptors (Lipinski definition) is 5. The first-order valence-corrected chi connectivity index (χ1v) is 10.1. The molecule has 1 unspecified atom stereocenters. The van der Waals surface area contributed by atoms with Crippen LogP contribution in [-0.4, -0.2) is 67.3 Å². The lowest BCUT2D eigenvalue weighted by atomic mass is 10.00. The molecule has 6 heteroatoms. The van der Waals surface area contributed by atoms with Gasteiger partial charge in [-0.15, -0.1) is 0 Å². The molecule has 0 fully saturated rings. The Labute approximate surface area is 173 Å². The first-order chi connectivity index (χ1) is 14.0. The van der Waals surface area contributed by atoms with Crippen LogP contribution in [-0.2, 0) is 24.3 Å². The molecule has 0 saturated carbocycles. The number of carbonyl (C=O) groups excluding carboxylic acids is 1. The van der Waals surface area contributed by atoms with E-state index >= 15 is 0 Å². The third-order valence-electron chi connectivity index (χ3n) is 5.16. The predicted octanol–water partition coefficient (Wildman–Crippen LogP) is 1.66. The van der Waals surface area contributed by atoms with E-state index in [1.165, 1.54) is 11.1 Å². The van der Waals surface area contributed by atoms with Gasteiger partial charge in [0.15, 0.2) is 0 Å². The van der Waals surface area contributed by atoms with E-state index in [2.05, 4.69) is 34.5 Å². The van der Waals surface area contributed by atoms with E-state index in [0.717, 1.165) is 30.8 Å². The van der Waals surface area contributed by atoms with Gasteiger partial charge in [0, 0.05) is 33.2 Å². The summed E-state index contributed by atoms with van der Waals surface area (Å²) in [6, 6.07) is 16.3. The maximum Gasteiger partial charge on any atom is 0.233 e. The number of carbonyl (C=O) groups is 1. The van der Waals surface area contributed by atoms with Crippen LogP contribution in [0, 0.1) is 0 Å². The fourth-order valence-corrected chi connectivity index (χ4v) is 3.68. The summed E-state index contributed by atoms with van der Waals surface area (Å²) in [5.74, 6) is 0.724. The standard InChI is InChI=1S/C23H31N3O3/c1-24-23(28)16-25(2)13-18-6-5-9-22(12-18)29-17-21(27)15-26-11-10-19-7-3-4-8-20(19)14-26/h3-9,12,21,27H,10-11,13-17H2,1-2H3,(H,24,28). The van der Waals surface area contributed by atoms with Gasteiger partial charge in [-0.2, -0.15) is 0 Å². The van der Waals surface area contributed by atoms with Gasteiger partial charge in [-0.1, -0.05) is 36.4 Å². The molecule has 0 saturated heterocycles. The fourth-order valence-electron chi connectivity index (χ4n) is 3.68. The van der Waals surface area contributed by atoms with Crippen molar-refractivity contribution in [2.75, 3.05) is 40.3 Å². The van der Waals surface area contributed by atoms with Gasteiger partial charge < -0.3 is 15.2 Å². The molecular weight excluding hydrogens is 366 g/mol. The number of aliphatic hydroxyl groups excluding tert-OH is 1. The van der Waals surface area contributed by atoms with Gasteiger partial charge in [0.2, 0.25) is 5.91 Å². The highest BCUT2D eigenvalue weighted by atomic mass is 16.5. The van der Waals surface area contributed by atoms with Crippen LogP contribution in [0.25, 0.3) is 0 Å². The molecule has 156 valence electrons. The number of ether oxygens (including phenoxy) is 1. The summed E-state index contributed by atoms with van der Waals surface area (Å²) in [6.45, 7) is 3.69. The van der Waals surface area contributed by atoms with Gasteiger partial charge in [-0.3, -0.25) is 14.6 Å². The third-order valence-corrected chi connectivity index (χ3v) is 5.16. The highest BCUT2D eigenvalue weighted by molar-refractivity contribution is 5.77. The number of benzene rings is 2. The Balaban J connectivity index is 1.45. The molecule has 1 atom stereocenters. The molecule has 1 heterocycles. The van der Waals surface area contributed by atoms with Gasteiger partial charge in [0.1, 0.15) is 18.5 Å². The van der Waals surface area contributed by atoms with Crippen LogP contribution in [0.2, 0.25) is 0 Å². The van der Waals surface area contributed by atoms with Crippen molar-refractivity contribution in [3.05, 3.63) is 65.2 Å². The summed E-state index contributed by atoms with van der Waals surface area (Å²) in [5.41, 5.74) is 3.82. The number of hydrogen-bond donors (Lipinski definition) is 2. The maximum absolute atomic E-state index is 11.5. The van der Waals surface area contributed by atoms with Crippen molar-refractivity contribution in [3.63, 3.8) is 0 Å². The van der Waals surface area contributed by atoms with Gasteiger partial charge in [0.05, 0.1) is 6.54 Å². The number of β-amino-alcohol motifs (C(OH)–C–C–N with tert-alkyl or cyclic N) is 1. The minimum absolute atomic E-state index is 0.0108. The van der Waals surface area contributed by atoms with Crippen LogP contribution in [0.1, 0.15) is 16.7 Å². The summed E-state index contributed by atoms with van der Waals surface area (Å²) < 4.78 is 5.83. The molecule has 2 aromatic carbocycles. The third kappa shape index (κ3) is 6.56. The Kier molecular flexibility index (Phi) is 7.63. The molecule has 0 aliphatic carbocycles. The topological polar surface area (TPSA) is 65.0 Å². The number of nitrogens with zero attached hydrogens (tertiary/aromatic N) is 2. The minimum atomic E-state index is -0.542. The van der Waals surface area contributed by atoms with Crippen molar-refractivity contribution in [1.29, 1.82) is 0 Å². The Hall–Kier alpha value is -2.41.